The molecule has 0 fully saturated rings. The van der Waals surface area contributed by atoms with Crippen molar-refractivity contribution in [1.29, 1.82) is 0 Å². The van der Waals surface area contributed by atoms with E-state index in [4.69, 9.17) is 28.3 Å². The average molecular weight is 329 g/mol. The zero-order valence-corrected chi connectivity index (χ0v) is 11.1. The van der Waals surface area contributed by atoms with Gasteiger partial charge in [0.25, 0.3) is 0 Å². The third-order valence-electron chi connectivity index (χ3n) is 2.50. The van der Waals surface area contributed by atoms with Gasteiger partial charge in [0.05, 0.1) is 11.6 Å². The SMILES string of the molecule is OCc1c(C(F)(F)F)nn(-c2c(F)cccc2Cl)c1Cl. The highest BCUT2D eigenvalue weighted by Crippen LogP contribution is 2.37. The molecule has 20 heavy (non-hydrogen) atoms. The quantitative estimate of drug-likeness (QED) is 0.851. The summed E-state index contributed by atoms with van der Waals surface area (Å²) in [6.45, 7) is -0.986. The summed E-state index contributed by atoms with van der Waals surface area (Å²) < 4.78 is 52.6. The van der Waals surface area contributed by atoms with Gasteiger partial charge in [-0.25, -0.2) is 9.07 Å². The van der Waals surface area contributed by atoms with Crippen molar-refractivity contribution in [2.45, 2.75) is 12.8 Å². The molecule has 0 atom stereocenters. The standard InChI is InChI=1S/C11H6Cl2F4N2O/c12-6-2-1-3-7(14)8(6)19-10(13)5(4-20)9(18-19)11(15,16)17/h1-3,20H,4H2. The van der Waals surface area contributed by atoms with E-state index >= 15 is 0 Å². The van der Waals surface area contributed by atoms with Crippen LogP contribution in [-0.2, 0) is 12.8 Å². The molecule has 1 aromatic heterocycles. The fourth-order valence-electron chi connectivity index (χ4n) is 1.64. The van der Waals surface area contributed by atoms with Gasteiger partial charge in [0.1, 0.15) is 16.7 Å². The van der Waals surface area contributed by atoms with Crippen molar-refractivity contribution in [3.63, 3.8) is 0 Å². The van der Waals surface area contributed by atoms with Gasteiger partial charge in [-0.05, 0) is 12.1 Å². The van der Waals surface area contributed by atoms with E-state index in [0.717, 1.165) is 6.07 Å². The molecule has 0 aliphatic carbocycles. The summed E-state index contributed by atoms with van der Waals surface area (Å²) in [7, 11) is 0. The van der Waals surface area contributed by atoms with Crippen molar-refractivity contribution in [3.8, 4) is 5.69 Å². The number of aliphatic hydroxyl groups is 1. The maximum absolute atomic E-state index is 13.7. The summed E-state index contributed by atoms with van der Waals surface area (Å²) in [6.07, 6.45) is -4.83. The molecule has 3 nitrogen and oxygen atoms in total. The topological polar surface area (TPSA) is 38.1 Å². The number of alkyl halides is 3. The molecule has 0 aliphatic heterocycles. The molecular weight excluding hydrogens is 323 g/mol. The van der Waals surface area contributed by atoms with Crippen LogP contribution in [0.4, 0.5) is 17.6 Å². The Kier molecular flexibility index (Phi) is 3.95. The first-order chi connectivity index (χ1) is 9.27. The van der Waals surface area contributed by atoms with Gasteiger partial charge in [-0.2, -0.15) is 18.3 Å². The Hall–Kier alpha value is -1.31. The Morgan fingerprint density at radius 3 is 2.35 bits per heavy atom. The Labute approximate surface area is 120 Å². The number of hydrogen-bond acceptors (Lipinski definition) is 2. The largest absolute Gasteiger partial charge is 0.435 e. The number of rotatable bonds is 2. The lowest BCUT2D eigenvalue weighted by Crippen LogP contribution is -2.10. The summed E-state index contributed by atoms with van der Waals surface area (Å²) in [5.74, 6) is -0.889. The second-order valence-corrected chi connectivity index (χ2v) is 4.52. The van der Waals surface area contributed by atoms with Crippen molar-refractivity contribution >= 4 is 23.2 Å². The minimum atomic E-state index is -4.83. The van der Waals surface area contributed by atoms with Crippen molar-refractivity contribution < 1.29 is 22.7 Å². The Balaban J connectivity index is 2.74. The number of aromatic nitrogens is 2. The van der Waals surface area contributed by atoms with Crippen molar-refractivity contribution in [3.05, 3.63) is 45.4 Å². The number of benzene rings is 1. The molecule has 108 valence electrons. The fourth-order valence-corrected chi connectivity index (χ4v) is 2.15. The van der Waals surface area contributed by atoms with Gasteiger partial charge in [-0.15, -0.1) is 0 Å². The predicted octanol–water partition coefficient (Wildman–Crippen LogP) is 3.83. The molecule has 2 rings (SSSR count). The van der Waals surface area contributed by atoms with Crippen LogP contribution in [-0.4, -0.2) is 14.9 Å². The maximum Gasteiger partial charge on any atom is 0.435 e. The molecule has 0 spiro atoms. The number of halogens is 6. The van der Waals surface area contributed by atoms with Crippen LogP contribution in [0.3, 0.4) is 0 Å². The minimum absolute atomic E-state index is 0.160. The molecular formula is C11H6Cl2F4N2O. The number of aliphatic hydroxyl groups excluding tert-OH is 1. The highest BCUT2D eigenvalue weighted by atomic mass is 35.5. The fraction of sp³-hybridized carbons (Fsp3) is 0.182. The lowest BCUT2D eigenvalue weighted by Gasteiger charge is -2.07. The van der Waals surface area contributed by atoms with E-state index in [-0.39, 0.29) is 5.02 Å². The summed E-state index contributed by atoms with van der Waals surface area (Å²) in [5.41, 5.74) is -2.44. The number of para-hydroxylation sites is 1. The Bertz CT molecular complexity index is 634. The Morgan fingerprint density at radius 2 is 1.90 bits per heavy atom. The van der Waals surface area contributed by atoms with Crippen molar-refractivity contribution in [2.24, 2.45) is 0 Å². The smallest absolute Gasteiger partial charge is 0.391 e. The predicted molar refractivity (Wildman–Crippen MR) is 64.5 cm³/mol. The van der Waals surface area contributed by atoms with Crippen molar-refractivity contribution in [2.75, 3.05) is 0 Å². The molecule has 1 aromatic carbocycles. The van der Waals surface area contributed by atoms with Crippen LogP contribution in [0.2, 0.25) is 10.2 Å². The first-order valence-corrected chi connectivity index (χ1v) is 5.92. The van der Waals surface area contributed by atoms with Crippen LogP contribution >= 0.6 is 23.2 Å². The zero-order valence-electron chi connectivity index (χ0n) is 9.55. The molecule has 1 heterocycles. The third-order valence-corrected chi connectivity index (χ3v) is 3.19. The van der Waals surface area contributed by atoms with Gasteiger partial charge in [0.15, 0.2) is 5.69 Å². The summed E-state index contributed by atoms with van der Waals surface area (Å²) in [6, 6.07) is 3.57. The van der Waals surface area contributed by atoms with Gasteiger partial charge in [-0.1, -0.05) is 29.3 Å². The second kappa shape index (κ2) is 5.23. The number of nitrogens with zero attached hydrogens (tertiary/aromatic N) is 2. The van der Waals surface area contributed by atoms with Crippen LogP contribution in [0.15, 0.2) is 18.2 Å². The highest BCUT2D eigenvalue weighted by molar-refractivity contribution is 6.33. The van der Waals surface area contributed by atoms with Crippen LogP contribution in [0.25, 0.3) is 5.69 Å². The van der Waals surface area contributed by atoms with Crippen LogP contribution in [0.5, 0.6) is 0 Å². The zero-order chi connectivity index (χ0) is 15.1. The van der Waals surface area contributed by atoms with E-state index < -0.39 is 40.7 Å². The monoisotopic (exact) mass is 328 g/mol. The van der Waals surface area contributed by atoms with E-state index in [0.29, 0.717) is 4.68 Å². The average Bonchev–Trinajstić information content (AvgIpc) is 2.66. The van der Waals surface area contributed by atoms with E-state index in [1.165, 1.54) is 12.1 Å². The van der Waals surface area contributed by atoms with E-state index in [2.05, 4.69) is 5.10 Å². The maximum atomic E-state index is 13.7. The van der Waals surface area contributed by atoms with Crippen LogP contribution < -0.4 is 0 Å². The minimum Gasteiger partial charge on any atom is -0.391 e. The van der Waals surface area contributed by atoms with Crippen LogP contribution in [0.1, 0.15) is 11.3 Å². The molecule has 0 aliphatic rings. The van der Waals surface area contributed by atoms with Gasteiger partial charge in [-0.3, -0.25) is 0 Å². The van der Waals surface area contributed by atoms with E-state index in [9.17, 15) is 17.6 Å². The molecule has 0 amide bonds. The lowest BCUT2D eigenvalue weighted by molar-refractivity contribution is -0.142. The first kappa shape index (κ1) is 15.1. The summed E-state index contributed by atoms with van der Waals surface area (Å²) >= 11 is 11.5. The lowest BCUT2D eigenvalue weighted by atomic mass is 10.2. The third kappa shape index (κ3) is 2.48. The van der Waals surface area contributed by atoms with Crippen molar-refractivity contribution in [1.82, 2.24) is 9.78 Å². The van der Waals surface area contributed by atoms with Gasteiger partial charge in [0, 0.05) is 5.56 Å². The van der Waals surface area contributed by atoms with E-state index in [1.807, 2.05) is 0 Å². The second-order valence-electron chi connectivity index (χ2n) is 3.76. The normalized spacial score (nSPS) is 11.9. The molecule has 0 unspecified atom stereocenters. The van der Waals surface area contributed by atoms with Gasteiger partial charge in [0.2, 0.25) is 0 Å². The Morgan fingerprint density at radius 1 is 1.25 bits per heavy atom. The molecule has 0 radical (unpaired) electrons. The molecule has 0 saturated heterocycles. The van der Waals surface area contributed by atoms with E-state index in [1.54, 1.807) is 0 Å². The molecule has 0 saturated carbocycles. The molecule has 0 bridgehead atoms. The number of hydrogen-bond donors (Lipinski definition) is 1. The van der Waals surface area contributed by atoms with Crippen LogP contribution in [0, 0.1) is 5.82 Å². The summed E-state index contributed by atoms with van der Waals surface area (Å²) in [4.78, 5) is 0. The molecule has 2 aromatic rings. The highest BCUT2D eigenvalue weighted by Gasteiger charge is 2.39. The van der Waals surface area contributed by atoms with Gasteiger partial charge >= 0.3 is 6.18 Å². The molecule has 1 N–H and O–H groups in total. The van der Waals surface area contributed by atoms with Gasteiger partial charge < -0.3 is 5.11 Å². The molecule has 9 heteroatoms. The first-order valence-electron chi connectivity index (χ1n) is 5.17. The summed E-state index contributed by atoms with van der Waals surface area (Å²) in [5, 5.41) is 11.5.